The average molecular weight is 444 g/mol. The smallest absolute Gasteiger partial charge is 0.272 e. The van der Waals surface area contributed by atoms with E-state index in [1.807, 2.05) is 0 Å². The fraction of sp³-hybridized carbons (Fsp3) is 0.478. The Morgan fingerprint density at radius 3 is 2.61 bits per heavy atom. The van der Waals surface area contributed by atoms with Gasteiger partial charge in [0.1, 0.15) is 22.4 Å². The zero-order valence-corrected chi connectivity index (χ0v) is 18.8. The van der Waals surface area contributed by atoms with Crippen LogP contribution in [0.2, 0.25) is 0 Å². The Bertz CT molecular complexity index is 1030. The Kier molecular flexibility index (Phi) is 6.29. The second kappa shape index (κ2) is 8.96. The largest absolute Gasteiger partial charge is 0.487 e. The van der Waals surface area contributed by atoms with E-state index in [4.69, 9.17) is 4.74 Å². The molecule has 0 aliphatic carbocycles. The molecule has 1 fully saturated rings. The van der Waals surface area contributed by atoms with E-state index in [-0.39, 0.29) is 22.9 Å². The van der Waals surface area contributed by atoms with E-state index in [0.717, 1.165) is 6.42 Å². The number of carbonyl (C=O) groups excluding carboxylic acids is 1. The standard InChI is InChI=1S/C23H29N3O4S/c1-17(2)10-16-26-19-11-14-25(23(27)18-7-5-6-13-24-18)15-12-20(19)30-21-8-3-4-9-22(21)31(26,28)29/h3-9,13,17,19-20H,10-12,14-16H2,1-2H3/t19-,20-/m0/s1. The van der Waals surface area contributed by atoms with Crippen LogP contribution < -0.4 is 4.74 Å². The van der Waals surface area contributed by atoms with Gasteiger partial charge in [0, 0.05) is 32.3 Å². The van der Waals surface area contributed by atoms with E-state index in [1.54, 1.807) is 57.9 Å². The van der Waals surface area contributed by atoms with Gasteiger partial charge in [-0.05, 0) is 43.0 Å². The van der Waals surface area contributed by atoms with Crippen LogP contribution in [0, 0.1) is 5.92 Å². The quantitative estimate of drug-likeness (QED) is 0.725. The molecule has 0 spiro atoms. The van der Waals surface area contributed by atoms with Crippen LogP contribution in [0.25, 0.3) is 0 Å². The van der Waals surface area contributed by atoms with Gasteiger partial charge in [0.15, 0.2) is 0 Å². The highest BCUT2D eigenvalue weighted by Crippen LogP contribution is 2.36. The maximum Gasteiger partial charge on any atom is 0.272 e. The number of carbonyl (C=O) groups is 1. The lowest BCUT2D eigenvalue weighted by molar-refractivity contribution is 0.0749. The number of sulfonamides is 1. The number of para-hydroxylation sites is 1. The topological polar surface area (TPSA) is 79.8 Å². The molecule has 0 bridgehead atoms. The molecule has 3 heterocycles. The lowest BCUT2D eigenvalue weighted by Crippen LogP contribution is -2.47. The molecule has 1 saturated heterocycles. The zero-order chi connectivity index (χ0) is 22.0. The van der Waals surface area contributed by atoms with Crippen LogP contribution in [0.15, 0.2) is 53.6 Å². The number of likely N-dealkylation sites (tertiary alicyclic amines) is 1. The van der Waals surface area contributed by atoms with Gasteiger partial charge in [-0.25, -0.2) is 8.42 Å². The van der Waals surface area contributed by atoms with Crippen molar-refractivity contribution in [2.45, 2.75) is 50.2 Å². The summed E-state index contributed by atoms with van der Waals surface area (Å²) >= 11 is 0. The number of benzene rings is 1. The predicted octanol–water partition coefficient (Wildman–Crippen LogP) is 3.18. The second-order valence-electron chi connectivity index (χ2n) is 8.55. The fourth-order valence-corrected chi connectivity index (χ4v) is 6.10. The van der Waals surface area contributed by atoms with E-state index < -0.39 is 10.0 Å². The van der Waals surface area contributed by atoms with Crippen LogP contribution in [0.4, 0.5) is 0 Å². The van der Waals surface area contributed by atoms with Gasteiger partial charge < -0.3 is 9.64 Å². The normalized spacial score (nSPS) is 23.3. The molecule has 2 aliphatic rings. The summed E-state index contributed by atoms with van der Waals surface area (Å²) in [5.74, 6) is 0.643. The minimum Gasteiger partial charge on any atom is -0.487 e. The van der Waals surface area contributed by atoms with Gasteiger partial charge in [0.05, 0.1) is 6.04 Å². The molecule has 2 aromatic rings. The fourth-order valence-electron chi connectivity index (χ4n) is 4.28. The number of hydrogen-bond donors (Lipinski definition) is 0. The predicted molar refractivity (Wildman–Crippen MR) is 117 cm³/mol. The third-order valence-electron chi connectivity index (χ3n) is 5.99. The van der Waals surface area contributed by atoms with Crippen molar-refractivity contribution in [1.82, 2.24) is 14.2 Å². The van der Waals surface area contributed by atoms with Gasteiger partial charge in [0.25, 0.3) is 5.91 Å². The van der Waals surface area contributed by atoms with Gasteiger partial charge in [-0.2, -0.15) is 4.31 Å². The minimum absolute atomic E-state index is 0.131. The highest BCUT2D eigenvalue weighted by molar-refractivity contribution is 7.89. The molecule has 0 radical (unpaired) electrons. The van der Waals surface area contributed by atoms with Crippen molar-refractivity contribution in [3.05, 3.63) is 54.4 Å². The van der Waals surface area contributed by atoms with Crippen molar-refractivity contribution in [1.29, 1.82) is 0 Å². The average Bonchev–Trinajstić information content (AvgIpc) is 3.01. The van der Waals surface area contributed by atoms with E-state index in [9.17, 15) is 13.2 Å². The lowest BCUT2D eigenvalue weighted by atomic mass is 10.0. The highest BCUT2D eigenvalue weighted by atomic mass is 32.2. The van der Waals surface area contributed by atoms with Crippen molar-refractivity contribution in [3.8, 4) is 5.75 Å². The minimum atomic E-state index is -3.70. The van der Waals surface area contributed by atoms with E-state index >= 15 is 0 Å². The Hall–Kier alpha value is -2.45. The summed E-state index contributed by atoms with van der Waals surface area (Å²) in [4.78, 5) is 19.1. The monoisotopic (exact) mass is 443 g/mol. The van der Waals surface area contributed by atoms with Crippen LogP contribution in [0.5, 0.6) is 5.75 Å². The van der Waals surface area contributed by atoms with Gasteiger partial charge in [0.2, 0.25) is 10.0 Å². The van der Waals surface area contributed by atoms with Crippen molar-refractivity contribution in [2.24, 2.45) is 5.92 Å². The van der Waals surface area contributed by atoms with Crippen molar-refractivity contribution < 1.29 is 17.9 Å². The second-order valence-corrected chi connectivity index (χ2v) is 10.4. The van der Waals surface area contributed by atoms with Crippen LogP contribution in [0.1, 0.15) is 43.6 Å². The van der Waals surface area contributed by atoms with Gasteiger partial charge in [-0.1, -0.05) is 32.0 Å². The number of amides is 1. The number of hydrogen-bond acceptors (Lipinski definition) is 5. The van der Waals surface area contributed by atoms with Crippen LogP contribution in [-0.4, -0.2) is 60.3 Å². The molecule has 7 nitrogen and oxygen atoms in total. The molecule has 2 aliphatic heterocycles. The first-order chi connectivity index (χ1) is 14.9. The Morgan fingerprint density at radius 1 is 1.13 bits per heavy atom. The molecule has 8 heteroatoms. The molecule has 1 aromatic heterocycles. The molecular formula is C23H29N3O4S. The first-order valence-electron chi connectivity index (χ1n) is 10.9. The molecule has 0 N–H and O–H groups in total. The van der Waals surface area contributed by atoms with Crippen molar-refractivity contribution in [2.75, 3.05) is 19.6 Å². The van der Waals surface area contributed by atoms with E-state index in [2.05, 4.69) is 18.8 Å². The van der Waals surface area contributed by atoms with Gasteiger partial charge in [-0.3, -0.25) is 9.78 Å². The number of ether oxygens (including phenoxy) is 1. The van der Waals surface area contributed by atoms with Crippen LogP contribution in [0.3, 0.4) is 0 Å². The molecule has 166 valence electrons. The maximum atomic E-state index is 13.6. The Morgan fingerprint density at radius 2 is 1.87 bits per heavy atom. The molecule has 1 amide bonds. The first kappa shape index (κ1) is 21.8. The molecule has 2 atom stereocenters. The summed E-state index contributed by atoms with van der Waals surface area (Å²) in [7, 11) is -3.70. The van der Waals surface area contributed by atoms with E-state index in [0.29, 0.717) is 49.8 Å². The summed E-state index contributed by atoms with van der Waals surface area (Å²) in [6.07, 6.45) is 3.14. The van der Waals surface area contributed by atoms with Crippen LogP contribution in [-0.2, 0) is 10.0 Å². The molecule has 1 aromatic carbocycles. The summed E-state index contributed by atoms with van der Waals surface area (Å²) in [6, 6.07) is 11.8. The molecule has 0 unspecified atom stereocenters. The van der Waals surface area contributed by atoms with Gasteiger partial charge in [-0.15, -0.1) is 0 Å². The summed E-state index contributed by atoms with van der Waals surface area (Å²) in [5, 5.41) is 0. The number of aromatic nitrogens is 1. The SMILES string of the molecule is CC(C)CCN1[C@H]2CCN(C(=O)c3ccccn3)CC[C@@H]2Oc2ccccc2S1(=O)=O. The maximum absolute atomic E-state index is 13.6. The number of nitrogens with zero attached hydrogens (tertiary/aromatic N) is 3. The third kappa shape index (κ3) is 4.45. The van der Waals surface area contributed by atoms with Crippen molar-refractivity contribution in [3.63, 3.8) is 0 Å². The first-order valence-corrected chi connectivity index (χ1v) is 12.3. The third-order valence-corrected chi connectivity index (χ3v) is 7.95. The highest BCUT2D eigenvalue weighted by Gasteiger charge is 2.43. The number of pyridine rings is 1. The Balaban J connectivity index is 1.65. The Labute approximate surface area is 184 Å². The van der Waals surface area contributed by atoms with E-state index in [1.165, 1.54) is 0 Å². The molecule has 0 saturated carbocycles. The molecular weight excluding hydrogens is 414 g/mol. The molecule has 4 rings (SSSR count). The molecule has 31 heavy (non-hydrogen) atoms. The lowest BCUT2D eigenvalue weighted by Gasteiger charge is -2.32. The number of rotatable bonds is 4. The summed E-state index contributed by atoms with van der Waals surface area (Å²) in [6.45, 7) is 5.58. The summed E-state index contributed by atoms with van der Waals surface area (Å²) < 4.78 is 35.1. The van der Waals surface area contributed by atoms with Gasteiger partial charge >= 0.3 is 0 Å². The van der Waals surface area contributed by atoms with Crippen LogP contribution >= 0.6 is 0 Å². The summed E-state index contributed by atoms with van der Waals surface area (Å²) in [5.41, 5.74) is 0.403. The number of fused-ring (bicyclic) bond motifs is 2. The zero-order valence-electron chi connectivity index (χ0n) is 18.0. The van der Waals surface area contributed by atoms with Crippen molar-refractivity contribution >= 4 is 15.9 Å².